The van der Waals surface area contributed by atoms with Gasteiger partial charge in [0.1, 0.15) is 12.8 Å². The number of benzene rings is 2. The van der Waals surface area contributed by atoms with E-state index in [0.29, 0.717) is 5.69 Å². The highest BCUT2D eigenvalue weighted by Gasteiger charge is 2.34. The van der Waals surface area contributed by atoms with Gasteiger partial charge in [-0.05, 0) is 46.7 Å². The minimum absolute atomic E-state index is 0.0359. The third kappa shape index (κ3) is 3.83. The number of nitro groups is 1. The van der Waals surface area contributed by atoms with Gasteiger partial charge < -0.3 is 0 Å². The van der Waals surface area contributed by atoms with Crippen LogP contribution in [0.3, 0.4) is 0 Å². The fourth-order valence-corrected chi connectivity index (χ4v) is 6.88. The number of aromatic nitrogens is 2. The lowest BCUT2D eigenvalue weighted by atomic mass is 10.3. The molecule has 0 aliphatic heterocycles. The average Bonchev–Trinajstić information content (AvgIpc) is 3.04. The average molecular weight is 414 g/mol. The lowest BCUT2D eigenvalue weighted by molar-refractivity contribution is -0.384. The van der Waals surface area contributed by atoms with Gasteiger partial charge in [0.05, 0.1) is 16.1 Å². The van der Waals surface area contributed by atoms with Gasteiger partial charge in [-0.15, -0.1) is 0 Å². The van der Waals surface area contributed by atoms with E-state index in [2.05, 4.69) is 27.0 Å². The van der Waals surface area contributed by atoms with Crippen molar-refractivity contribution in [3.8, 4) is 0 Å². The second-order valence-corrected chi connectivity index (χ2v) is 10.6. The summed E-state index contributed by atoms with van der Waals surface area (Å²) in [5.74, 6) is 0. The quantitative estimate of drug-likeness (QED) is 0.324. The molecule has 3 aromatic rings. The zero-order valence-electron chi connectivity index (χ0n) is 17.5. The van der Waals surface area contributed by atoms with Crippen molar-refractivity contribution >= 4 is 35.1 Å². The van der Waals surface area contributed by atoms with E-state index in [1.165, 1.54) is 12.1 Å². The normalized spacial score (nSPS) is 12.1. The summed E-state index contributed by atoms with van der Waals surface area (Å²) < 4.78 is 11.5. The Morgan fingerprint density at radius 2 is 1.79 bits per heavy atom. The van der Waals surface area contributed by atoms with E-state index in [1.54, 1.807) is 6.07 Å². The molecular weight excluding hydrogens is 387 g/mol. The molecule has 0 atom stereocenters. The number of rotatable bonds is 7. The summed E-state index contributed by atoms with van der Waals surface area (Å²) >= 11 is 0. The van der Waals surface area contributed by atoms with E-state index in [9.17, 15) is 10.1 Å². The molecule has 154 valence electrons. The van der Waals surface area contributed by atoms with E-state index in [0.717, 1.165) is 29.3 Å². The summed E-state index contributed by atoms with van der Waals surface area (Å²) in [7, 11) is 5.57. The first-order chi connectivity index (χ1) is 13.8. The van der Waals surface area contributed by atoms with Crippen LogP contribution in [-0.4, -0.2) is 52.2 Å². The summed E-state index contributed by atoms with van der Waals surface area (Å²) in [4.78, 5) is 10.9. The maximum atomic E-state index is 11.3. The Morgan fingerprint density at radius 1 is 1.10 bits per heavy atom. The molecule has 0 fully saturated rings. The van der Waals surface area contributed by atoms with E-state index < -0.39 is 7.36 Å². The molecular formula is C20H27N6O2P. The van der Waals surface area contributed by atoms with Crippen LogP contribution in [0.2, 0.25) is 0 Å². The van der Waals surface area contributed by atoms with Crippen LogP contribution >= 0.6 is 7.36 Å². The van der Waals surface area contributed by atoms with Gasteiger partial charge >= 0.3 is 0 Å². The maximum Gasteiger partial charge on any atom is 0.271 e. The van der Waals surface area contributed by atoms with Crippen molar-refractivity contribution in [2.24, 2.45) is 4.74 Å². The fraction of sp³-hybridized carbons (Fsp3) is 0.350. The van der Waals surface area contributed by atoms with Gasteiger partial charge in [0.2, 0.25) is 0 Å². The Labute approximate surface area is 171 Å². The Bertz CT molecular complexity index is 1080. The first kappa shape index (κ1) is 21.2. The SMILES string of the molecule is CCCn1nc2ccccc2c1P(=Nc1cccc([N+](=O)[O-])c1)(N(C)C)N(C)C. The molecule has 0 amide bonds. The van der Waals surface area contributed by atoms with Crippen LogP contribution < -0.4 is 5.44 Å². The van der Waals surface area contributed by atoms with Crippen LogP contribution in [0.15, 0.2) is 53.3 Å². The number of nitro benzene ring substituents is 1. The molecule has 3 rings (SSSR count). The van der Waals surface area contributed by atoms with E-state index >= 15 is 0 Å². The van der Waals surface area contributed by atoms with Crippen molar-refractivity contribution in [1.82, 2.24) is 19.1 Å². The standard InChI is InChI=1S/C20H27N6O2P/c1-6-14-25-20(18-12-7-8-13-19(18)21-25)29(23(2)3,24(4)5)22-16-10-9-11-17(15-16)26(27)28/h7-13,15H,6,14H2,1-5H3. The van der Waals surface area contributed by atoms with E-state index in [1.807, 2.05) is 52.5 Å². The molecule has 0 unspecified atom stereocenters. The molecule has 9 heteroatoms. The number of nitrogens with zero attached hydrogens (tertiary/aromatic N) is 6. The Kier molecular flexibility index (Phi) is 6.17. The molecule has 1 heterocycles. The minimum Gasteiger partial charge on any atom is -0.260 e. The van der Waals surface area contributed by atoms with Crippen molar-refractivity contribution in [2.75, 3.05) is 28.2 Å². The molecule has 0 bridgehead atoms. The molecule has 0 aliphatic carbocycles. The van der Waals surface area contributed by atoms with Crippen molar-refractivity contribution in [1.29, 1.82) is 0 Å². The molecule has 0 aliphatic rings. The summed E-state index contributed by atoms with van der Waals surface area (Å²) in [6.07, 6.45) is 0.943. The highest BCUT2D eigenvalue weighted by atomic mass is 31.2. The van der Waals surface area contributed by atoms with Crippen LogP contribution in [0.4, 0.5) is 11.4 Å². The van der Waals surface area contributed by atoms with E-state index in [4.69, 9.17) is 9.84 Å². The lowest BCUT2D eigenvalue weighted by Crippen LogP contribution is -2.33. The number of fused-ring (bicyclic) bond motifs is 1. The Morgan fingerprint density at radius 3 is 2.41 bits per heavy atom. The highest BCUT2D eigenvalue weighted by molar-refractivity contribution is 7.69. The number of non-ortho nitro benzene ring substituents is 1. The van der Waals surface area contributed by atoms with Crippen molar-refractivity contribution < 1.29 is 4.92 Å². The molecule has 0 N–H and O–H groups in total. The topological polar surface area (TPSA) is 79.8 Å². The zero-order chi connectivity index (χ0) is 21.2. The molecule has 29 heavy (non-hydrogen) atoms. The van der Waals surface area contributed by atoms with Crippen molar-refractivity contribution in [3.05, 3.63) is 58.6 Å². The number of hydrogen-bond acceptors (Lipinski definition) is 4. The smallest absolute Gasteiger partial charge is 0.260 e. The third-order valence-corrected chi connectivity index (χ3v) is 8.53. The van der Waals surface area contributed by atoms with Gasteiger partial charge in [-0.2, -0.15) is 5.10 Å². The first-order valence-corrected chi connectivity index (χ1v) is 11.1. The van der Waals surface area contributed by atoms with Gasteiger partial charge in [0.25, 0.3) is 5.69 Å². The molecule has 1 aromatic heterocycles. The number of aryl methyl sites for hydroxylation is 1. The van der Waals surface area contributed by atoms with Gasteiger partial charge in [-0.3, -0.25) is 24.1 Å². The van der Waals surface area contributed by atoms with Crippen LogP contribution in [-0.2, 0) is 6.54 Å². The summed E-state index contributed by atoms with van der Waals surface area (Å²) in [6.45, 7) is 2.90. The van der Waals surface area contributed by atoms with Crippen LogP contribution in [0.5, 0.6) is 0 Å². The summed E-state index contributed by atoms with van der Waals surface area (Å²) in [5, 5.41) is 17.2. The van der Waals surface area contributed by atoms with Crippen LogP contribution in [0.25, 0.3) is 10.9 Å². The van der Waals surface area contributed by atoms with Gasteiger partial charge in [-0.25, -0.2) is 4.74 Å². The Hall–Kier alpha value is -2.54. The van der Waals surface area contributed by atoms with Crippen molar-refractivity contribution in [2.45, 2.75) is 19.9 Å². The largest absolute Gasteiger partial charge is 0.271 e. The fourth-order valence-electron chi connectivity index (χ4n) is 3.54. The highest BCUT2D eigenvalue weighted by Crippen LogP contribution is 2.55. The zero-order valence-corrected chi connectivity index (χ0v) is 18.4. The number of hydrogen-bond donors (Lipinski definition) is 0. The molecule has 0 radical (unpaired) electrons. The lowest BCUT2D eigenvalue weighted by Gasteiger charge is -2.37. The predicted molar refractivity (Wildman–Crippen MR) is 119 cm³/mol. The van der Waals surface area contributed by atoms with Crippen LogP contribution in [0, 0.1) is 10.1 Å². The van der Waals surface area contributed by atoms with E-state index in [-0.39, 0.29) is 10.6 Å². The molecule has 0 saturated heterocycles. The van der Waals surface area contributed by atoms with Crippen LogP contribution in [0.1, 0.15) is 13.3 Å². The van der Waals surface area contributed by atoms with Gasteiger partial charge in [0, 0.05) is 24.1 Å². The Balaban J connectivity index is 2.41. The third-order valence-electron chi connectivity index (χ3n) is 4.75. The maximum absolute atomic E-state index is 11.3. The van der Waals surface area contributed by atoms with Gasteiger partial charge in [-0.1, -0.05) is 31.2 Å². The van der Waals surface area contributed by atoms with Gasteiger partial charge in [0.15, 0.2) is 0 Å². The second-order valence-electron chi connectivity index (χ2n) is 7.20. The molecule has 0 spiro atoms. The first-order valence-electron chi connectivity index (χ1n) is 9.49. The summed E-state index contributed by atoms with van der Waals surface area (Å²) in [6, 6.07) is 14.6. The second kappa shape index (κ2) is 8.45. The molecule has 2 aromatic carbocycles. The predicted octanol–water partition coefficient (Wildman–Crippen LogP) is 4.47. The summed E-state index contributed by atoms with van der Waals surface area (Å²) in [5.41, 5.74) is 2.60. The minimum atomic E-state index is -2.46. The van der Waals surface area contributed by atoms with Crippen molar-refractivity contribution in [3.63, 3.8) is 0 Å². The molecule has 0 saturated carbocycles. The molecule has 8 nitrogen and oxygen atoms in total. The monoisotopic (exact) mass is 414 g/mol.